The van der Waals surface area contributed by atoms with Gasteiger partial charge in [-0.3, -0.25) is 9.59 Å². The Morgan fingerprint density at radius 2 is 0.540 bits per heavy atom. The predicted molar refractivity (Wildman–Crippen MR) is 384 cm³/mol. The lowest BCUT2D eigenvalue weighted by molar-refractivity contribution is -0.143. The Labute approximate surface area is 545 Å². The lowest BCUT2D eigenvalue weighted by Gasteiger charge is -2.20. The lowest BCUT2D eigenvalue weighted by atomic mass is 10.0. The molecule has 0 aliphatic rings. The number of rotatable bonds is 76. The molecule has 0 rings (SSSR count). The normalized spacial score (nSPS) is 12.6. The summed E-state index contributed by atoms with van der Waals surface area (Å²) in [6, 6.07) is -0.628. The molecular weight excluding hydrogens is 1070 g/mol. The smallest absolute Gasteiger partial charge is 0.305 e. The van der Waals surface area contributed by atoms with Crippen molar-refractivity contribution in [1.82, 2.24) is 5.32 Å². The standard InChI is InChI=1S/C81H157NO5/c1-3-5-7-9-11-13-15-17-19-21-23-24-34-38-41-45-49-53-57-61-65-69-73-79(84)78(77-83)82-80(85)74-70-66-62-58-54-50-46-42-39-35-32-30-28-26-25-27-29-31-33-36-40-44-48-52-56-60-64-68-72-76-87-81(86)75-71-67-63-59-55-51-47-43-37-22-20-18-16-14-12-10-8-6-4-2/h25,27,69,73,78-79,83-84H,3-24,26,28-68,70-72,74-77H2,1-2H3,(H,82,85)/b27-25-,73-69+. The monoisotopic (exact) mass is 1220 g/mol. The van der Waals surface area contributed by atoms with Gasteiger partial charge >= 0.3 is 5.97 Å². The molecule has 0 spiro atoms. The van der Waals surface area contributed by atoms with E-state index >= 15 is 0 Å². The third-order valence-corrected chi connectivity index (χ3v) is 19.0. The maximum absolute atomic E-state index is 12.5. The molecule has 0 aliphatic heterocycles. The molecule has 516 valence electrons. The number of nitrogens with one attached hydrogen (secondary N) is 1. The number of aliphatic hydroxyl groups is 2. The average Bonchev–Trinajstić information content (AvgIpc) is 3.52. The quantitative estimate of drug-likeness (QED) is 0.0320. The molecule has 0 saturated heterocycles. The van der Waals surface area contributed by atoms with Gasteiger partial charge in [0.1, 0.15) is 0 Å². The Bertz CT molecular complexity index is 1360. The van der Waals surface area contributed by atoms with Gasteiger partial charge in [0.25, 0.3) is 0 Å². The number of unbranched alkanes of at least 4 members (excludes halogenated alkanes) is 63. The van der Waals surface area contributed by atoms with Gasteiger partial charge in [-0.1, -0.05) is 411 Å². The van der Waals surface area contributed by atoms with Crippen LogP contribution in [-0.2, 0) is 14.3 Å². The Balaban J connectivity index is 3.37. The van der Waals surface area contributed by atoms with E-state index in [1.165, 1.54) is 392 Å². The van der Waals surface area contributed by atoms with Crippen LogP contribution in [0.15, 0.2) is 24.3 Å². The first-order valence-corrected chi connectivity index (χ1v) is 40.1. The summed E-state index contributed by atoms with van der Waals surface area (Å²) in [5.74, 6) is -0.0400. The van der Waals surface area contributed by atoms with E-state index in [9.17, 15) is 19.8 Å². The van der Waals surface area contributed by atoms with Crippen LogP contribution in [0.25, 0.3) is 0 Å². The highest BCUT2D eigenvalue weighted by Crippen LogP contribution is 2.20. The van der Waals surface area contributed by atoms with Crippen molar-refractivity contribution >= 4 is 11.9 Å². The molecule has 6 heteroatoms. The zero-order valence-corrected chi connectivity index (χ0v) is 59.3. The maximum atomic E-state index is 12.5. The van der Waals surface area contributed by atoms with Crippen molar-refractivity contribution in [1.29, 1.82) is 0 Å². The van der Waals surface area contributed by atoms with Crippen molar-refractivity contribution in [2.24, 2.45) is 0 Å². The topological polar surface area (TPSA) is 95.9 Å². The van der Waals surface area contributed by atoms with E-state index < -0.39 is 12.1 Å². The zero-order chi connectivity index (χ0) is 62.8. The van der Waals surface area contributed by atoms with E-state index in [1.54, 1.807) is 6.08 Å². The molecule has 0 radical (unpaired) electrons. The van der Waals surface area contributed by atoms with Crippen LogP contribution in [0.5, 0.6) is 0 Å². The highest BCUT2D eigenvalue weighted by atomic mass is 16.5. The number of hydrogen-bond donors (Lipinski definition) is 3. The largest absolute Gasteiger partial charge is 0.466 e. The fourth-order valence-corrected chi connectivity index (χ4v) is 12.9. The first kappa shape index (κ1) is 85.3. The first-order valence-electron chi connectivity index (χ1n) is 40.1. The minimum atomic E-state index is -0.845. The van der Waals surface area contributed by atoms with Crippen LogP contribution in [0.1, 0.15) is 457 Å². The summed E-state index contributed by atoms with van der Waals surface area (Å²) >= 11 is 0. The minimum absolute atomic E-state index is 0.0221. The summed E-state index contributed by atoms with van der Waals surface area (Å²) in [6.45, 7) is 4.96. The summed E-state index contributed by atoms with van der Waals surface area (Å²) in [5, 5.41) is 23.3. The van der Waals surface area contributed by atoms with Gasteiger partial charge in [0.15, 0.2) is 0 Å². The Morgan fingerprint density at radius 3 is 0.816 bits per heavy atom. The van der Waals surface area contributed by atoms with Crippen molar-refractivity contribution in [3.63, 3.8) is 0 Å². The molecule has 0 bridgehead atoms. The van der Waals surface area contributed by atoms with E-state index in [0.717, 1.165) is 38.5 Å². The summed E-state index contributed by atoms with van der Waals surface area (Å²) in [7, 11) is 0. The third kappa shape index (κ3) is 73.3. The molecule has 2 atom stereocenters. The second kappa shape index (κ2) is 76.8. The van der Waals surface area contributed by atoms with Crippen molar-refractivity contribution < 1.29 is 24.5 Å². The molecule has 87 heavy (non-hydrogen) atoms. The van der Waals surface area contributed by atoms with E-state index in [1.807, 2.05) is 6.08 Å². The van der Waals surface area contributed by atoms with Crippen molar-refractivity contribution in [3.8, 4) is 0 Å². The van der Waals surface area contributed by atoms with Crippen LogP contribution >= 0.6 is 0 Å². The fourth-order valence-electron chi connectivity index (χ4n) is 12.9. The van der Waals surface area contributed by atoms with Crippen LogP contribution in [0.2, 0.25) is 0 Å². The Hall–Kier alpha value is -1.66. The number of hydrogen-bond acceptors (Lipinski definition) is 5. The summed E-state index contributed by atoms with van der Waals surface area (Å²) < 4.78 is 5.52. The number of amides is 1. The van der Waals surface area contributed by atoms with Gasteiger partial charge in [0.2, 0.25) is 5.91 Å². The second-order valence-electron chi connectivity index (χ2n) is 27.8. The minimum Gasteiger partial charge on any atom is -0.466 e. The lowest BCUT2D eigenvalue weighted by Crippen LogP contribution is -2.45. The van der Waals surface area contributed by atoms with Gasteiger partial charge in [-0.25, -0.2) is 0 Å². The second-order valence-corrected chi connectivity index (χ2v) is 27.8. The molecular formula is C81H157NO5. The van der Waals surface area contributed by atoms with Crippen LogP contribution in [0.4, 0.5) is 0 Å². The highest BCUT2D eigenvalue weighted by Gasteiger charge is 2.18. The maximum Gasteiger partial charge on any atom is 0.305 e. The van der Waals surface area contributed by atoms with Crippen molar-refractivity contribution in [3.05, 3.63) is 24.3 Å². The molecule has 0 aromatic heterocycles. The molecule has 0 aliphatic carbocycles. The highest BCUT2D eigenvalue weighted by molar-refractivity contribution is 5.76. The molecule has 0 heterocycles. The van der Waals surface area contributed by atoms with E-state index in [0.29, 0.717) is 19.4 Å². The number of carbonyl (C=O) groups excluding carboxylic acids is 2. The molecule has 0 fully saturated rings. The van der Waals surface area contributed by atoms with Crippen molar-refractivity contribution in [2.45, 2.75) is 469 Å². The summed E-state index contributed by atoms with van der Waals surface area (Å²) in [4.78, 5) is 24.7. The predicted octanol–water partition coefficient (Wildman–Crippen LogP) is 26.4. The van der Waals surface area contributed by atoms with Gasteiger partial charge in [-0.05, 0) is 57.8 Å². The van der Waals surface area contributed by atoms with Gasteiger partial charge in [0, 0.05) is 12.8 Å². The van der Waals surface area contributed by atoms with Gasteiger partial charge in [-0.2, -0.15) is 0 Å². The zero-order valence-electron chi connectivity index (χ0n) is 59.3. The van der Waals surface area contributed by atoms with Gasteiger partial charge < -0.3 is 20.3 Å². The van der Waals surface area contributed by atoms with E-state index in [-0.39, 0.29) is 18.5 Å². The SMILES string of the molecule is CCCCCCCCCCCCCCCCCCCCCC/C=C/C(O)C(CO)NC(=O)CCCCCCCCCCCCCCC/C=C\CCCCCCCCCCCCCCOC(=O)CCCCCCCCCCCCCCCCCCCCC. The summed E-state index contributed by atoms with van der Waals surface area (Å²) in [6.07, 6.45) is 98.7. The number of ether oxygens (including phenoxy) is 1. The number of aliphatic hydroxyl groups excluding tert-OH is 2. The number of allylic oxidation sites excluding steroid dienone is 3. The van der Waals surface area contributed by atoms with E-state index in [2.05, 4.69) is 31.3 Å². The first-order chi connectivity index (χ1) is 43.0. The molecule has 3 N–H and O–H groups in total. The van der Waals surface area contributed by atoms with E-state index in [4.69, 9.17) is 4.74 Å². The van der Waals surface area contributed by atoms with Gasteiger partial charge in [-0.15, -0.1) is 0 Å². The fraction of sp³-hybridized carbons (Fsp3) is 0.926. The molecule has 0 saturated carbocycles. The average molecular weight is 1230 g/mol. The van der Waals surface area contributed by atoms with Crippen LogP contribution in [0, 0.1) is 0 Å². The Morgan fingerprint density at radius 1 is 0.310 bits per heavy atom. The van der Waals surface area contributed by atoms with Crippen molar-refractivity contribution in [2.75, 3.05) is 13.2 Å². The van der Waals surface area contributed by atoms with Crippen LogP contribution < -0.4 is 5.32 Å². The van der Waals surface area contributed by atoms with Crippen LogP contribution in [0.3, 0.4) is 0 Å². The summed E-state index contributed by atoms with van der Waals surface area (Å²) in [5.41, 5.74) is 0. The molecule has 0 aromatic rings. The third-order valence-electron chi connectivity index (χ3n) is 19.0. The molecule has 2 unspecified atom stereocenters. The molecule has 0 aromatic carbocycles. The number of carbonyl (C=O) groups is 2. The molecule has 6 nitrogen and oxygen atoms in total. The number of esters is 1. The van der Waals surface area contributed by atoms with Gasteiger partial charge in [0.05, 0.1) is 25.4 Å². The molecule has 1 amide bonds. The Kier molecular flexibility index (Phi) is 75.3. The van der Waals surface area contributed by atoms with Crippen LogP contribution in [-0.4, -0.2) is 47.4 Å².